The molecular formula is C26H36N4O2. The van der Waals surface area contributed by atoms with Gasteiger partial charge in [-0.25, -0.2) is 4.98 Å². The molecule has 6 nitrogen and oxygen atoms in total. The van der Waals surface area contributed by atoms with E-state index in [1.807, 2.05) is 35.2 Å². The molecule has 0 unspecified atom stereocenters. The number of piperazine rings is 1. The number of amides is 1. The van der Waals surface area contributed by atoms with Gasteiger partial charge in [-0.2, -0.15) is 0 Å². The molecule has 1 aliphatic heterocycles. The summed E-state index contributed by atoms with van der Waals surface area (Å²) in [5.74, 6) is 2.46. The van der Waals surface area contributed by atoms with Crippen LogP contribution < -0.4 is 14.5 Å². The van der Waals surface area contributed by atoms with Gasteiger partial charge in [0.25, 0.3) is 0 Å². The molecule has 1 aromatic carbocycles. The van der Waals surface area contributed by atoms with Crippen LogP contribution in [0.2, 0.25) is 0 Å². The first-order chi connectivity index (χ1) is 15.7. The predicted molar refractivity (Wildman–Crippen MR) is 129 cm³/mol. The zero-order chi connectivity index (χ0) is 22.2. The molecular weight excluding hydrogens is 400 g/mol. The number of pyridine rings is 1. The van der Waals surface area contributed by atoms with Crippen LogP contribution in [0.5, 0.6) is 5.75 Å². The van der Waals surface area contributed by atoms with Gasteiger partial charge in [-0.05, 0) is 43.0 Å². The first-order valence-corrected chi connectivity index (χ1v) is 12.1. The lowest BCUT2D eigenvalue weighted by Crippen LogP contribution is -2.49. The highest BCUT2D eigenvalue weighted by Gasteiger charge is 2.25. The molecule has 2 heterocycles. The van der Waals surface area contributed by atoms with Crippen LogP contribution in [0.3, 0.4) is 0 Å². The summed E-state index contributed by atoms with van der Waals surface area (Å²) < 4.78 is 5.54. The molecule has 0 atom stereocenters. The molecule has 2 aromatic rings. The van der Waals surface area contributed by atoms with E-state index in [0.717, 1.165) is 50.0 Å². The molecule has 2 aliphatic rings. The minimum atomic E-state index is 0.225. The molecule has 32 heavy (non-hydrogen) atoms. The largest absolute Gasteiger partial charge is 0.495 e. The van der Waals surface area contributed by atoms with Crippen LogP contribution in [0, 0.1) is 5.92 Å². The topological polar surface area (TPSA) is 48.9 Å². The van der Waals surface area contributed by atoms with E-state index < -0.39 is 0 Å². The second-order valence-electron chi connectivity index (χ2n) is 8.94. The van der Waals surface area contributed by atoms with Crippen molar-refractivity contribution in [2.75, 3.05) is 56.2 Å². The summed E-state index contributed by atoms with van der Waals surface area (Å²) in [7, 11) is 1.73. The van der Waals surface area contributed by atoms with Crippen molar-refractivity contribution in [2.45, 2.75) is 38.5 Å². The third-order valence-corrected chi connectivity index (χ3v) is 6.85. The molecule has 1 aromatic heterocycles. The van der Waals surface area contributed by atoms with Crippen molar-refractivity contribution >= 4 is 17.4 Å². The highest BCUT2D eigenvalue weighted by Crippen LogP contribution is 2.29. The van der Waals surface area contributed by atoms with Crippen LogP contribution in [0.4, 0.5) is 11.5 Å². The lowest BCUT2D eigenvalue weighted by Gasteiger charge is -2.37. The molecule has 1 aliphatic carbocycles. The molecule has 172 valence electrons. The maximum Gasteiger partial charge on any atom is 0.228 e. The molecule has 1 saturated carbocycles. The van der Waals surface area contributed by atoms with Gasteiger partial charge in [-0.3, -0.25) is 14.6 Å². The first-order valence-electron chi connectivity index (χ1n) is 12.1. The van der Waals surface area contributed by atoms with Gasteiger partial charge >= 0.3 is 0 Å². The van der Waals surface area contributed by atoms with Gasteiger partial charge in [0, 0.05) is 51.9 Å². The summed E-state index contributed by atoms with van der Waals surface area (Å²) in [5.41, 5.74) is 1.16. The smallest absolute Gasteiger partial charge is 0.228 e. The fraction of sp³-hybridized carbons (Fsp3) is 0.538. The Morgan fingerprint density at radius 2 is 1.78 bits per heavy atom. The fourth-order valence-electron chi connectivity index (χ4n) is 4.97. The molecule has 0 radical (unpaired) electrons. The third-order valence-electron chi connectivity index (χ3n) is 6.85. The Morgan fingerprint density at radius 3 is 2.50 bits per heavy atom. The van der Waals surface area contributed by atoms with Gasteiger partial charge in [0.15, 0.2) is 0 Å². The summed E-state index contributed by atoms with van der Waals surface area (Å²) in [6, 6.07) is 14.0. The van der Waals surface area contributed by atoms with Crippen molar-refractivity contribution in [3.05, 3.63) is 48.7 Å². The molecule has 0 spiro atoms. The van der Waals surface area contributed by atoms with Crippen molar-refractivity contribution in [3.8, 4) is 5.75 Å². The SMILES string of the molecule is COc1ccccc1N1CCN(CCN(C(=O)CC2CCCCC2)c2ccccn2)CC1. The third kappa shape index (κ3) is 5.80. The van der Waals surface area contributed by atoms with E-state index >= 15 is 0 Å². The monoisotopic (exact) mass is 436 g/mol. The zero-order valence-electron chi connectivity index (χ0n) is 19.3. The van der Waals surface area contributed by atoms with Crippen molar-refractivity contribution < 1.29 is 9.53 Å². The Kier molecular flexibility index (Phi) is 7.99. The molecule has 4 rings (SSSR count). The molecule has 1 saturated heterocycles. The summed E-state index contributed by atoms with van der Waals surface area (Å²) >= 11 is 0. The number of aromatic nitrogens is 1. The Morgan fingerprint density at radius 1 is 1.03 bits per heavy atom. The fourth-order valence-corrected chi connectivity index (χ4v) is 4.97. The van der Waals surface area contributed by atoms with E-state index in [0.29, 0.717) is 18.9 Å². The number of ether oxygens (including phenoxy) is 1. The Bertz CT molecular complexity index is 846. The summed E-state index contributed by atoms with van der Waals surface area (Å²) in [5, 5.41) is 0. The predicted octanol–water partition coefficient (Wildman–Crippen LogP) is 4.22. The van der Waals surface area contributed by atoms with Crippen molar-refractivity contribution in [3.63, 3.8) is 0 Å². The van der Waals surface area contributed by atoms with Crippen LogP contribution in [0.25, 0.3) is 0 Å². The average molecular weight is 437 g/mol. The minimum Gasteiger partial charge on any atom is -0.495 e. The number of hydrogen-bond acceptors (Lipinski definition) is 5. The number of nitrogens with zero attached hydrogens (tertiary/aromatic N) is 4. The van der Waals surface area contributed by atoms with Gasteiger partial charge in [-0.15, -0.1) is 0 Å². The molecule has 6 heteroatoms. The van der Waals surface area contributed by atoms with Crippen molar-refractivity contribution in [2.24, 2.45) is 5.92 Å². The Hall–Kier alpha value is -2.60. The van der Waals surface area contributed by atoms with Gasteiger partial charge in [-0.1, -0.05) is 37.5 Å². The number of methoxy groups -OCH3 is 1. The Balaban J connectivity index is 1.33. The van der Waals surface area contributed by atoms with E-state index in [4.69, 9.17) is 4.74 Å². The van der Waals surface area contributed by atoms with Crippen molar-refractivity contribution in [1.29, 1.82) is 0 Å². The average Bonchev–Trinajstić information content (AvgIpc) is 2.86. The number of rotatable bonds is 8. The van der Waals surface area contributed by atoms with Crippen LogP contribution in [-0.4, -0.2) is 62.2 Å². The number of anilines is 2. The number of para-hydroxylation sites is 2. The summed E-state index contributed by atoms with van der Waals surface area (Å²) in [6.07, 6.45) is 8.64. The van der Waals surface area contributed by atoms with E-state index in [-0.39, 0.29) is 5.91 Å². The number of hydrogen-bond donors (Lipinski definition) is 0. The quantitative estimate of drug-likeness (QED) is 0.620. The van der Waals surface area contributed by atoms with Gasteiger partial charge in [0.05, 0.1) is 12.8 Å². The standard InChI is InChI=1S/C26H36N4O2/c1-32-24-12-6-5-11-23(24)29-18-15-28(16-19-29)17-20-30(25-13-7-8-14-27-25)26(31)21-22-9-3-2-4-10-22/h5-8,11-14,22H,2-4,9-10,15-21H2,1H3. The molecule has 0 bridgehead atoms. The summed E-state index contributed by atoms with van der Waals surface area (Å²) in [6.45, 7) is 5.43. The maximum absolute atomic E-state index is 13.2. The highest BCUT2D eigenvalue weighted by atomic mass is 16.5. The minimum absolute atomic E-state index is 0.225. The molecule has 2 fully saturated rings. The summed E-state index contributed by atoms with van der Waals surface area (Å²) in [4.78, 5) is 24.5. The number of benzene rings is 1. The van der Waals surface area contributed by atoms with Gasteiger partial charge in [0.2, 0.25) is 5.91 Å². The first kappa shape index (κ1) is 22.6. The van der Waals surface area contributed by atoms with E-state index in [2.05, 4.69) is 26.9 Å². The van der Waals surface area contributed by atoms with Gasteiger partial charge < -0.3 is 9.64 Å². The zero-order valence-corrected chi connectivity index (χ0v) is 19.3. The number of carbonyl (C=O) groups is 1. The lowest BCUT2D eigenvalue weighted by atomic mass is 9.86. The van der Waals surface area contributed by atoms with E-state index in [1.54, 1.807) is 13.3 Å². The second-order valence-corrected chi connectivity index (χ2v) is 8.94. The highest BCUT2D eigenvalue weighted by molar-refractivity contribution is 5.92. The second kappa shape index (κ2) is 11.3. The lowest BCUT2D eigenvalue weighted by molar-refractivity contribution is -0.119. The van der Waals surface area contributed by atoms with Crippen LogP contribution >= 0.6 is 0 Å². The normalized spacial score (nSPS) is 17.8. The van der Waals surface area contributed by atoms with E-state index in [9.17, 15) is 4.79 Å². The number of carbonyl (C=O) groups excluding carboxylic acids is 1. The Labute approximate surface area is 192 Å². The van der Waals surface area contributed by atoms with Crippen LogP contribution in [0.15, 0.2) is 48.7 Å². The van der Waals surface area contributed by atoms with Crippen LogP contribution in [-0.2, 0) is 4.79 Å². The maximum atomic E-state index is 13.2. The van der Waals surface area contributed by atoms with Crippen molar-refractivity contribution in [1.82, 2.24) is 9.88 Å². The molecule has 0 N–H and O–H groups in total. The molecule has 1 amide bonds. The van der Waals surface area contributed by atoms with E-state index in [1.165, 1.54) is 32.1 Å². The van der Waals surface area contributed by atoms with Gasteiger partial charge in [0.1, 0.15) is 11.6 Å². The van der Waals surface area contributed by atoms with Crippen LogP contribution in [0.1, 0.15) is 38.5 Å².